The number of benzene rings is 1. The van der Waals surface area contributed by atoms with E-state index in [1.807, 2.05) is 0 Å². The Labute approximate surface area is 157 Å². The van der Waals surface area contributed by atoms with Crippen LogP contribution in [0.3, 0.4) is 0 Å². The highest BCUT2D eigenvalue weighted by atomic mass is 35.5. The molecule has 2 aromatic rings. The number of nitrogens with zero attached hydrogens (tertiary/aromatic N) is 1. The topological polar surface area (TPSA) is 79.6 Å². The first-order chi connectivity index (χ1) is 11.9. The van der Waals surface area contributed by atoms with E-state index in [-0.39, 0.29) is 28.0 Å². The number of amides is 1. The van der Waals surface area contributed by atoms with Gasteiger partial charge in [-0.3, -0.25) is 4.79 Å². The Hall–Kier alpha value is -1.90. The van der Waals surface area contributed by atoms with Gasteiger partial charge >= 0.3 is 0 Å². The molecule has 0 radical (unpaired) electrons. The van der Waals surface area contributed by atoms with Crippen LogP contribution in [0.15, 0.2) is 39.8 Å². The predicted octanol–water partition coefficient (Wildman–Crippen LogP) is 3.42. The Balaban J connectivity index is 2.19. The maximum atomic E-state index is 13.9. The van der Waals surface area contributed by atoms with Gasteiger partial charge in [0.25, 0.3) is 15.9 Å². The SMILES string of the molecule is CN(Cc1c(F)cccc1Cl)C(=O)c1ccc(S(=O)(=O)NC(C)(C)C)o1. The Morgan fingerprint density at radius 1 is 1.27 bits per heavy atom. The van der Waals surface area contributed by atoms with Gasteiger partial charge in [-0.05, 0) is 45.0 Å². The minimum absolute atomic E-state index is 0.0899. The molecule has 0 saturated heterocycles. The molecule has 2 rings (SSSR count). The third kappa shape index (κ3) is 4.84. The smallest absolute Gasteiger partial charge is 0.289 e. The molecule has 6 nitrogen and oxygen atoms in total. The summed E-state index contributed by atoms with van der Waals surface area (Å²) in [6.45, 7) is 4.97. The van der Waals surface area contributed by atoms with Crippen molar-refractivity contribution < 1.29 is 22.0 Å². The quantitative estimate of drug-likeness (QED) is 0.831. The fraction of sp³-hybridized carbons (Fsp3) is 0.353. The van der Waals surface area contributed by atoms with Crippen molar-refractivity contribution in [2.24, 2.45) is 0 Å². The van der Waals surface area contributed by atoms with Crippen molar-refractivity contribution in [2.45, 2.75) is 37.9 Å². The largest absolute Gasteiger partial charge is 0.438 e. The summed E-state index contributed by atoms with van der Waals surface area (Å²) < 4.78 is 46.0. The summed E-state index contributed by atoms with van der Waals surface area (Å²) in [6, 6.07) is 6.70. The normalized spacial score (nSPS) is 12.2. The summed E-state index contributed by atoms with van der Waals surface area (Å²) in [4.78, 5) is 13.6. The molecule has 0 atom stereocenters. The molecule has 142 valence electrons. The molecule has 9 heteroatoms. The number of nitrogens with one attached hydrogen (secondary N) is 1. The second kappa shape index (κ2) is 7.38. The standard InChI is InChI=1S/C17H20ClFN2O4S/c1-17(2,3)20-26(23,24)15-9-8-14(25-15)16(22)21(4)10-11-12(18)6-5-7-13(11)19/h5-9,20H,10H2,1-4H3. The van der Waals surface area contributed by atoms with Gasteiger partial charge < -0.3 is 9.32 Å². The molecule has 1 aromatic carbocycles. The first-order valence-corrected chi connectivity index (χ1v) is 9.59. The van der Waals surface area contributed by atoms with E-state index in [2.05, 4.69) is 4.72 Å². The minimum Gasteiger partial charge on any atom is -0.438 e. The van der Waals surface area contributed by atoms with E-state index in [4.69, 9.17) is 16.0 Å². The number of furan rings is 1. The highest BCUT2D eigenvalue weighted by Gasteiger charge is 2.27. The number of rotatable bonds is 5. The summed E-state index contributed by atoms with van der Waals surface area (Å²) in [5, 5.41) is -0.171. The van der Waals surface area contributed by atoms with Crippen molar-refractivity contribution in [2.75, 3.05) is 7.05 Å². The van der Waals surface area contributed by atoms with Gasteiger partial charge in [-0.25, -0.2) is 17.5 Å². The molecule has 0 spiro atoms. The average molecular weight is 403 g/mol. The molecule has 0 fully saturated rings. The number of sulfonamides is 1. The van der Waals surface area contributed by atoms with Crippen LogP contribution in [0.4, 0.5) is 4.39 Å². The molecule has 1 heterocycles. The van der Waals surface area contributed by atoms with Crippen LogP contribution in [0, 0.1) is 5.82 Å². The molecular formula is C17H20ClFN2O4S. The van der Waals surface area contributed by atoms with Crippen LogP contribution in [0.1, 0.15) is 36.9 Å². The first-order valence-electron chi connectivity index (χ1n) is 7.73. The van der Waals surface area contributed by atoms with Crippen LogP contribution in [0.2, 0.25) is 5.02 Å². The maximum absolute atomic E-state index is 13.9. The Morgan fingerprint density at radius 2 is 1.92 bits per heavy atom. The highest BCUT2D eigenvalue weighted by Crippen LogP contribution is 2.22. The van der Waals surface area contributed by atoms with Crippen LogP contribution in [-0.2, 0) is 16.6 Å². The third-order valence-electron chi connectivity index (χ3n) is 3.30. The van der Waals surface area contributed by atoms with Gasteiger partial charge in [0.1, 0.15) is 5.82 Å². The van der Waals surface area contributed by atoms with E-state index in [0.717, 1.165) is 0 Å². The van der Waals surface area contributed by atoms with E-state index >= 15 is 0 Å². The zero-order valence-electron chi connectivity index (χ0n) is 14.8. The van der Waals surface area contributed by atoms with Crippen molar-refractivity contribution in [3.05, 3.63) is 52.5 Å². The monoisotopic (exact) mass is 402 g/mol. The molecule has 0 unspecified atom stereocenters. The fourth-order valence-electron chi connectivity index (χ4n) is 2.21. The van der Waals surface area contributed by atoms with Crippen molar-refractivity contribution in [3.8, 4) is 0 Å². The lowest BCUT2D eigenvalue weighted by Crippen LogP contribution is -2.40. The lowest BCUT2D eigenvalue weighted by Gasteiger charge is -2.19. The average Bonchev–Trinajstić information content (AvgIpc) is 2.98. The van der Waals surface area contributed by atoms with Gasteiger partial charge in [0, 0.05) is 23.2 Å². The number of carbonyl (C=O) groups excluding carboxylic acids is 1. The summed E-state index contributed by atoms with van der Waals surface area (Å²) in [7, 11) is -2.46. The van der Waals surface area contributed by atoms with Crippen molar-refractivity contribution >= 4 is 27.5 Å². The van der Waals surface area contributed by atoms with Crippen molar-refractivity contribution in [1.29, 1.82) is 0 Å². The number of halogens is 2. The lowest BCUT2D eigenvalue weighted by atomic mass is 10.1. The Morgan fingerprint density at radius 3 is 2.50 bits per heavy atom. The molecule has 1 aromatic heterocycles. The van der Waals surface area contributed by atoms with E-state index < -0.39 is 27.3 Å². The van der Waals surface area contributed by atoms with E-state index in [1.54, 1.807) is 20.8 Å². The second-order valence-electron chi connectivity index (χ2n) is 6.84. The predicted molar refractivity (Wildman–Crippen MR) is 96.0 cm³/mol. The second-order valence-corrected chi connectivity index (χ2v) is 8.86. The van der Waals surface area contributed by atoms with Crippen molar-refractivity contribution in [3.63, 3.8) is 0 Å². The van der Waals surface area contributed by atoms with Crippen molar-refractivity contribution in [1.82, 2.24) is 9.62 Å². The molecule has 0 aliphatic rings. The first kappa shape index (κ1) is 20.4. The minimum atomic E-state index is -3.90. The molecule has 1 N–H and O–H groups in total. The van der Waals surface area contributed by atoms with E-state index in [0.29, 0.717) is 0 Å². The van der Waals surface area contributed by atoms with Crippen LogP contribution in [0.5, 0.6) is 0 Å². The van der Waals surface area contributed by atoms with Gasteiger partial charge in [-0.2, -0.15) is 0 Å². The summed E-state index contributed by atoms with van der Waals surface area (Å²) >= 11 is 5.96. The summed E-state index contributed by atoms with van der Waals surface area (Å²) in [5.41, 5.74) is -0.535. The van der Waals surface area contributed by atoms with Crippen LogP contribution < -0.4 is 4.72 Å². The zero-order valence-corrected chi connectivity index (χ0v) is 16.4. The van der Waals surface area contributed by atoms with Crippen LogP contribution >= 0.6 is 11.6 Å². The molecule has 0 saturated carbocycles. The molecular weight excluding hydrogens is 383 g/mol. The fourth-order valence-corrected chi connectivity index (χ4v) is 3.79. The zero-order chi connectivity index (χ0) is 19.7. The maximum Gasteiger partial charge on any atom is 0.289 e. The number of hydrogen-bond donors (Lipinski definition) is 1. The molecule has 0 aliphatic heterocycles. The third-order valence-corrected chi connectivity index (χ3v) is 5.29. The summed E-state index contributed by atoms with van der Waals surface area (Å²) in [5.74, 6) is -1.30. The molecule has 0 bridgehead atoms. The molecule has 26 heavy (non-hydrogen) atoms. The van der Waals surface area contributed by atoms with Crippen LogP contribution in [0.25, 0.3) is 0 Å². The highest BCUT2D eigenvalue weighted by molar-refractivity contribution is 7.89. The van der Waals surface area contributed by atoms with Gasteiger partial charge in [0.2, 0.25) is 5.09 Å². The van der Waals surface area contributed by atoms with E-state index in [9.17, 15) is 17.6 Å². The molecule has 0 aliphatic carbocycles. The van der Waals surface area contributed by atoms with Gasteiger partial charge in [-0.15, -0.1) is 0 Å². The van der Waals surface area contributed by atoms with Gasteiger partial charge in [0.05, 0.1) is 6.54 Å². The Bertz CT molecular complexity index is 899. The molecule has 1 amide bonds. The van der Waals surface area contributed by atoms with Gasteiger partial charge in [-0.1, -0.05) is 17.7 Å². The summed E-state index contributed by atoms with van der Waals surface area (Å²) in [6.07, 6.45) is 0. The van der Waals surface area contributed by atoms with E-state index in [1.165, 1.54) is 42.3 Å². The Kier molecular flexibility index (Phi) is 5.79. The van der Waals surface area contributed by atoms with Gasteiger partial charge in [0.15, 0.2) is 5.76 Å². The van der Waals surface area contributed by atoms with Crippen LogP contribution in [-0.4, -0.2) is 31.8 Å². The number of hydrogen-bond acceptors (Lipinski definition) is 4. The number of carbonyl (C=O) groups is 1. The lowest BCUT2D eigenvalue weighted by molar-refractivity contribution is 0.0746.